The van der Waals surface area contributed by atoms with Gasteiger partial charge in [0.2, 0.25) is 0 Å². The van der Waals surface area contributed by atoms with Crippen molar-refractivity contribution in [2.24, 2.45) is 5.92 Å². The van der Waals surface area contributed by atoms with Crippen molar-refractivity contribution in [2.45, 2.75) is 52.6 Å². The van der Waals surface area contributed by atoms with E-state index >= 15 is 0 Å². The summed E-state index contributed by atoms with van der Waals surface area (Å²) in [5.74, 6) is 0.768. The smallest absolute Gasteiger partial charge is 0.0223 e. The molecule has 84 valence electrons. The highest BCUT2D eigenvalue weighted by molar-refractivity contribution is 4.82. The number of rotatable bonds is 5. The summed E-state index contributed by atoms with van der Waals surface area (Å²) >= 11 is 0. The zero-order valence-electron chi connectivity index (χ0n) is 10.2. The van der Waals surface area contributed by atoms with Crippen molar-refractivity contribution < 1.29 is 0 Å². The molecule has 14 heavy (non-hydrogen) atoms. The molecular weight excluding hydrogens is 172 g/mol. The van der Waals surface area contributed by atoms with Gasteiger partial charge in [0.1, 0.15) is 0 Å². The minimum atomic E-state index is 0.711. The fourth-order valence-corrected chi connectivity index (χ4v) is 2.30. The van der Waals surface area contributed by atoms with Crippen molar-refractivity contribution in [1.82, 2.24) is 10.2 Å². The number of nitrogens with zero attached hydrogens (tertiary/aromatic N) is 1. The van der Waals surface area contributed by atoms with Crippen molar-refractivity contribution in [2.75, 3.05) is 19.6 Å². The average Bonchev–Trinajstić information content (AvgIpc) is 2.51. The molecule has 0 spiro atoms. The van der Waals surface area contributed by atoms with Crippen LogP contribution >= 0.6 is 0 Å². The van der Waals surface area contributed by atoms with Crippen molar-refractivity contribution in [3.8, 4) is 0 Å². The Morgan fingerprint density at radius 1 is 1.29 bits per heavy atom. The van der Waals surface area contributed by atoms with Gasteiger partial charge < -0.3 is 5.32 Å². The lowest BCUT2D eigenvalue weighted by Gasteiger charge is -2.28. The third kappa shape index (κ3) is 3.58. The Bertz CT molecular complexity index is 154. The van der Waals surface area contributed by atoms with E-state index in [0.29, 0.717) is 6.04 Å². The summed E-state index contributed by atoms with van der Waals surface area (Å²) in [6, 6.07) is 1.50. The molecule has 2 heteroatoms. The molecule has 1 atom stereocenters. The van der Waals surface area contributed by atoms with Crippen LogP contribution in [0.5, 0.6) is 0 Å². The SMILES string of the molecule is CC(C)CNCC1CCCN1C(C)C. The first-order chi connectivity index (χ1) is 6.61. The van der Waals surface area contributed by atoms with Gasteiger partial charge in [-0.1, -0.05) is 13.8 Å². The summed E-state index contributed by atoms with van der Waals surface area (Å²) in [7, 11) is 0. The lowest BCUT2D eigenvalue weighted by molar-refractivity contribution is 0.199. The van der Waals surface area contributed by atoms with Crippen LogP contribution < -0.4 is 5.32 Å². The normalized spacial score (nSPS) is 24.0. The van der Waals surface area contributed by atoms with Crippen LogP contribution in [0.25, 0.3) is 0 Å². The van der Waals surface area contributed by atoms with Crippen molar-refractivity contribution in [3.05, 3.63) is 0 Å². The zero-order valence-corrected chi connectivity index (χ0v) is 10.2. The van der Waals surface area contributed by atoms with Crippen molar-refractivity contribution in [1.29, 1.82) is 0 Å². The Morgan fingerprint density at radius 3 is 2.57 bits per heavy atom. The molecular formula is C12H26N2. The molecule has 1 heterocycles. The molecule has 1 saturated heterocycles. The number of hydrogen-bond acceptors (Lipinski definition) is 2. The molecule has 0 aromatic heterocycles. The molecule has 1 rings (SSSR count). The van der Waals surface area contributed by atoms with Gasteiger partial charge in [-0.05, 0) is 45.7 Å². The Labute approximate surface area is 89.1 Å². The Balaban J connectivity index is 2.22. The van der Waals surface area contributed by atoms with Crippen LogP contribution in [-0.4, -0.2) is 36.6 Å². The van der Waals surface area contributed by atoms with Gasteiger partial charge >= 0.3 is 0 Å². The predicted molar refractivity (Wildman–Crippen MR) is 62.6 cm³/mol. The molecule has 1 unspecified atom stereocenters. The van der Waals surface area contributed by atoms with Gasteiger partial charge in [-0.25, -0.2) is 0 Å². The molecule has 1 aliphatic heterocycles. The van der Waals surface area contributed by atoms with E-state index < -0.39 is 0 Å². The maximum Gasteiger partial charge on any atom is 0.0223 e. The predicted octanol–water partition coefficient (Wildman–Crippen LogP) is 2.10. The molecule has 1 fully saturated rings. The van der Waals surface area contributed by atoms with Crippen molar-refractivity contribution in [3.63, 3.8) is 0 Å². The van der Waals surface area contributed by atoms with Crippen LogP contribution in [0.3, 0.4) is 0 Å². The lowest BCUT2D eigenvalue weighted by Crippen LogP contribution is -2.42. The molecule has 2 nitrogen and oxygen atoms in total. The van der Waals surface area contributed by atoms with Crippen LogP contribution in [-0.2, 0) is 0 Å². The van der Waals surface area contributed by atoms with E-state index in [-0.39, 0.29) is 0 Å². The van der Waals surface area contributed by atoms with E-state index in [1.165, 1.54) is 25.9 Å². The van der Waals surface area contributed by atoms with Gasteiger partial charge in [0, 0.05) is 18.6 Å². The molecule has 1 aliphatic rings. The minimum absolute atomic E-state index is 0.711. The highest BCUT2D eigenvalue weighted by atomic mass is 15.2. The number of likely N-dealkylation sites (tertiary alicyclic amines) is 1. The summed E-state index contributed by atoms with van der Waals surface area (Å²) in [5.41, 5.74) is 0. The fourth-order valence-electron chi connectivity index (χ4n) is 2.30. The number of hydrogen-bond donors (Lipinski definition) is 1. The first-order valence-corrected chi connectivity index (χ1v) is 6.07. The molecule has 0 aromatic carbocycles. The third-order valence-corrected chi connectivity index (χ3v) is 3.02. The molecule has 0 radical (unpaired) electrons. The van der Waals surface area contributed by atoms with Gasteiger partial charge in [-0.15, -0.1) is 0 Å². The first-order valence-electron chi connectivity index (χ1n) is 6.07. The highest BCUT2D eigenvalue weighted by Gasteiger charge is 2.25. The quantitative estimate of drug-likeness (QED) is 0.728. The van der Waals surface area contributed by atoms with Crippen LogP contribution in [0.4, 0.5) is 0 Å². The van der Waals surface area contributed by atoms with Gasteiger partial charge in [-0.3, -0.25) is 4.90 Å². The summed E-state index contributed by atoms with van der Waals surface area (Å²) in [5, 5.41) is 3.57. The van der Waals surface area contributed by atoms with E-state index in [2.05, 4.69) is 37.9 Å². The largest absolute Gasteiger partial charge is 0.315 e. The van der Waals surface area contributed by atoms with E-state index in [1.54, 1.807) is 0 Å². The molecule has 0 amide bonds. The molecule has 0 aliphatic carbocycles. The Kier molecular flexibility index (Phi) is 4.90. The standard InChI is InChI=1S/C12H26N2/c1-10(2)8-13-9-12-6-5-7-14(12)11(3)4/h10-13H,5-9H2,1-4H3. The molecule has 0 saturated carbocycles. The van der Waals surface area contributed by atoms with Crippen LogP contribution in [0.15, 0.2) is 0 Å². The van der Waals surface area contributed by atoms with Gasteiger partial charge in [0.25, 0.3) is 0 Å². The van der Waals surface area contributed by atoms with E-state index in [0.717, 1.165) is 18.5 Å². The maximum atomic E-state index is 3.57. The Morgan fingerprint density at radius 2 is 2.00 bits per heavy atom. The number of nitrogens with one attached hydrogen (secondary N) is 1. The van der Waals surface area contributed by atoms with Gasteiger partial charge in [-0.2, -0.15) is 0 Å². The van der Waals surface area contributed by atoms with Gasteiger partial charge in [0.15, 0.2) is 0 Å². The summed E-state index contributed by atoms with van der Waals surface area (Å²) in [4.78, 5) is 2.63. The maximum absolute atomic E-state index is 3.57. The molecule has 0 bridgehead atoms. The summed E-state index contributed by atoms with van der Waals surface area (Å²) in [6.07, 6.45) is 2.76. The minimum Gasteiger partial charge on any atom is -0.315 e. The topological polar surface area (TPSA) is 15.3 Å². The van der Waals surface area contributed by atoms with Crippen molar-refractivity contribution >= 4 is 0 Å². The monoisotopic (exact) mass is 198 g/mol. The zero-order chi connectivity index (χ0) is 10.6. The van der Waals surface area contributed by atoms with E-state index in [1.807, 2.05) is 0 Å². The second kappa shape index (κ2) is 5.72. The Hall–Kier alpha value is -0.0800. The third-order valence-electron chi connectivity index (χ3n) is 3.02. The summed E-state index contributed by atoms with van der Waals surface area (Å²) in [6.45, 7) is 12.8. The van der Waals surface area contributed by atoms with Crippen LogP contribution in [0, 0.1) is 5.92 Å². The second-order valence-electron chi connectivity index (χ2n) is 5.18. The lowest BCUT2D eigenvalue weighted by atomic mass is 10.2. The molecule has 0 aromatic rings. The van der Waals surface area contributed by atoms with Crippen LogP contribution in [0.1, 0.15) is 40.5 Å². The van der Waals surface area contributed by atoms with Crippen LogP contribution in [0.2, 0.25) is 0 Å². The van der Waals surface area contributed by atoms with E-state index in [9.17, 15) is 0 Å². The van der Waals surface area contributed by atoms with E-state index in [4.69, 9.17) is 0 Å². The highest BCUT2D eigenvalue weighted by Crippen LogP contribution is 2.19. The molecule has 1 N–H and O–H groups in total. The summed E-state index contributed by atoms with van der Waals surface area (Å²) < 4.78 is 0. The fraction of sp³-hybridized carbons (Fsp3) is 1.00. The first kappa shape index (κ1) is 12.0. The average molecular weight is 198 g/mol. The van der Waals surface area contributed by atoms with Gasteiger partial charge in [0.05, 0.1) is 0 Å². The second-order valence-corrected chi connectivity index (χ2v) is 5.18.